The highest BCUT2D eigenvalue weighted by Crippen LogP contribution is 2.33. The van der Waals surface area contributed by atoms with Crippen LogP contribution in [0.5, 0.6) is 0 Å². The van der Waals surface area contributed by atoms with E-state index < -0.39 is 11.9 Å². The highest BCUT2D eigenvalue weighted by atomic mass is 32.2. The molecule has 0 aliphatic heterocycles. The number of thioether (sulfide) groups is 1. The summed E-state index contributed by atoms with van der Waals surface area (Å²) in [6.45, 7) is 4.40. The van der Waals surface area contributed by atoms with Crippen LogP contribution in [0.3, 0.4) is 0 Å². The molecule has 0 unspecified atom stereocenters. The van der Waals surface area contributed by atoms with Gasteiger partial charge in [-0.3, -0.25) is 4.79 Å². The average Bonchev–Trinajstić information content (AvgIpc) is 3.25. The Morgan fingerprint density at radius 1 is 1.15 bits per heavy atom. The van der Waals surface area contributed by atoms with Gasteiger partial charge in [0.25, 0.3) is 0 Å². The molecule has 2 aromatic rings. The number of nitrogens with one attached hydrogen (secondary N) is 1. The molecule has 0 saturated heterocycles. The molecule has 1 aromatic heterocycles. The largest absolute Gasteiger partial charge is 0.465 e. The number of rotatable bonds is 9. The third-order valence-electron chi connectivity index (χ3n) is 5.48. The van der Waals surface area contributed by atoms with Crippen molar-refractivity contribution in [2.45, 2.75) is 49.7 Å². The average molecular weight is 473 g/mol. The third kappa shape index (κ3) is 6.01. The maximum Gasteiger partial charge on any atom is 0.339 e. The van der Waals surface area contributed by atoms with E-state index in [4.69, 9.17) is 9.47 Å². The number of allylic oxidation sites excluding steroid dienone is 1. The summed E-state index contributed by atoms with van der Waals surface area (Å²) in [7, 11) is 2.50. The van der Waals surface area contributed by atoms with E-state index in [2.05, 4.69) is 22.1 Å². The lowest BCUT2D eigenvalue weighted by atomic mass is 9.89. The fourth-order valence-corrected chi connectivity index (χ4v) is 4.62. The zero-order chi connectivity index (χ0) is 23.8. The minimum Gasteiger partial charge on any atom is -0.465 e. The van der Waals surface area contributed by atoms with Crippen LogP contribution in [0.4, 0.5) is 5.69 Å². The number of carbonyl (C=O) groups is 3. The van der Waals surface area contributed by atoms with Gasteiger partial charge >= 0.3 is 11.9 Å². The van der Waals surface area contributed by atoms with Crippen molar-refractivity contribution >= 4 is 35.3 Å². The predicted octanol–water partition coefficient (Wildman–Crippen LogP) is 3.82. The zero-order valence-electron chi connectivity index (χ0n) is 18.8. The van der Waals surface area contributed by atoms with E-state index in [1.165, 1.54) is 63.4 Å². The Morgan fingerprint density at radius 3 is 2.55 bits per heavy atom. The van der Waals surface area contributed by atoms with E-state index in [0.29, 0.717) is 17.6 Å². The van der Waals surface area contributed by atoms with E-state index in [9.17, 15) is 14.4 Å². The molecule has 1 fully saturated rings. The van der Waals surface area contributed by atoms with Crippen LogP contribution in [0.1, 0.15) is 64.6 Å². The minimum absolute atomic E-state index is 0.0447. The predicted molar refractivity (Wildman–Crippen MR) is 125 cm³/mol. The number of esters is 2. The lowest BCUT2D eigenvalue weighted by molar-refractivity contribution is -0.113. The number of carbonyl (C=O) groups excluding carboxylic acids is 3. The third-order valence-corrected chi connectivity index (χ3v) is 6.45. The maximum atomic E-state index is 12.7. The summed E-state index contributed by atoms with van der Waals surface area (Å²) in [5.74, 6) is -0.210. The standard InChI is InChI=1S/C23H28N4O5S/c1-4-12-27-20(15-8-6-5-7-9-15)25-26-23(27)33-14-19(28)24-18-13-16(21(29)31-2)10-11-17(18)22(30)32-3/h4,10-11,13,15H,1,5-9,12,14H2,2-3H3,(H,24,28). The molecule has 0 radical (unpaired) electrons. The van der Waals surface area contributed by atoms with Crippen molar-refractivity contribution in [3.63, 3.8) is 0 Å². The number of anilines is 1. The lowest BCUT2D eigenvalue weighted by Gasteiger charge is -2.21. The van der Waals surface area contributed by atoms with Gasteiger partial charge in [0.1, 0.15) is 5.82 Å². The molecule has 1 saturated carbocycles. The zero-order valence-corrected chi connectivity index (χ0v) is 19.7. The molecule has 0 spiro atoms. The van der Waals surface area contributed by atoms with Crippen LogP contribution in [-0.2, 0) is 20.8 Å². The van der Waals surface area contributed by atoms with Gasteiger partial charge in [0.2, 0.25) is 5.91 Å². The maximum absolute atomic E-state index is 12.7. The van der Waals surface area contributed by atoms with Gasteiger partial charge in [0.15, 0.2) is 5.16 Å². The second kappa shape index (κ2) is 11.6. The molecule has 1 amide bonds. The van der Waals surface area contributed by atoms with E-state index in [1.54, 1.807) is 6.08 Å². The Labute approximate surface area is 196 Å². The monoisotopic (exact) mass is 472 g/mol. The number of benzene rings is 1. The molecule has 9 nitrogen and oxygen atoms in total. The molecule has 1 aliphatic carbocycles. The number of nitrogens with zero attached hydrogens (tertiary/aromatic N) is 3. The van der Waals surface area contributed by atoms with Crippen molar-refractivity contribution in [3.05, 3.63) is 47.8 Å². The quantitative estimate of drug-likeness (QED) is 0.333. The summed E-state index contributed by atoms with van der Waals surface area (Å²) in [5, 5.41) is 12.1. The highest BCUT2D eigenvalue weighted by Gasteiger charge is 2.24. The van der Waals surface area contributed by atoms with Gasteiger partial charge in [-0.15, -0.1) is 16.8 Å². The normalized spacial score (nSPS) is 13.9. The fourth-order valence-electron chi connectivity index (χ4n) is 3.87. The van der Waals surface area contributed by atoms with Crippen molar-refractivity contribution in [1.29, 1.82) is 0 Å². The van der Waals surface area contributed by atoms with E-state index in [0.717, 1.165) is 18.7 Å². The molecule has 1 heterocycles. The Bertz CT molecular complexity index is 1030. The Balaban J connectivity index is 1.74. The Hall–Kier alpha value is -3.14. The van der Waals surface area contributed by atoms with Gasteiger partial charge in [-0.2, -0.15) is 0 Å². The van der Waals surface area contributed by atoms with Crippen molar-refractivity contribution in [2.75, 3.05) is 25.3 Å². The van der Waals surface area contributed by atoms with E-state index >= 15 is 0 Å². The Kier molecular flexibility index (Phi) is 8.65. The molecule has 176 valence electrons. The van der Waals surface area contributed by atoms with Crippen molar-refractivity contribution in [2.24, 2.45) is 0 Å². The molecule has 1 aromatic carbocycles. The molecule has 1 N–H and O–H groups in total. The molecule has 0 bridgehead atoms. The van der Waals surface area contributed by atoms with Gasteiger partial charge in [0, 0.05) is 12.5 Å². The van der Waals surface area contributed by atoms with Gasteiger partial charge in [-0.1, -0.05) is 37.1 Å². The summed E-state index contributed by atoms with van der Waals surface area (Å²) >= 11 is 1.26. The fraction of sp³-hybridized carbons (Fsp3) is 0.435. The minimum atomic E-state index is -0.628. The van der Waals surface area contributed by atoms with Crippen LogP contribution in [0.15, 0.2) is 36.0 Å². The SMILES string of the molecule is C=CCn1c(SCC(=O)Nc2cc(C(=O)OC)ccc2C(=O)OC)nnc1C1CCCCC1. The van der Waals surface area contributed by atoms with Gasteiger partial charge in [-0.05, 0) is 31.0 Å². The van der Waals surface area contributed by atoms with Gasteiger partial charge in [-0.25, -0.2) is 9.59 Å². The number of methoxy groups -OCH3 is 2. The summed E-state index contributed by atoms with van der Waals surface area (Å²) < 4.78 is 11.5. The second-order valence-corrected chi connectivity index (χ2v) is 8.60. The van der Waals surface area contributed by atoms with Crippen LogP contribution >= 0.6 is 11.8 Å². The van der Waals surface area contributed by atoms with Crippen LogP contribution < -0.4 is 5.32 Å². The van der Waals surface area contributed by atoms with Crippen LogP contribution in [0.25, 0.3) is 0 Å². The van der Waals surface area contributed by atoms with Crippen LogP contribution in [0, 0.1) is 0 Å². The first-order valence-electron chi connectivity index (χ1n) is 10.8. The summed E-state index contributed by atoms with van der Waals surface area (Å²) in [6, 6.07) is 4.24. The number of hydrogen-bond donors (Lipinski definition) is 1. The Morgan fingerprint density at radius 2 is 1.88 bits per heavy atom. The molecule has 33 heavy (non-hydrogen) atoms. The molecule has 1 aliphatic rings. The first kappa shape index (κ1) is 24.5. The summed E-state index contributed by atoms with van der Waals surface area (Å²) in [5.41, 5.74) is 0.514. The van der Waals surface area contributed by atoms with Crippen LogP contribution in [-0.4, -0.2) is 52.6 Å². The number of aromatic nitrogens is 3. The molecule has 10 heteroatoms. The van der Waals surface area contributed by atoms with E-state index in [1.807, 2.05) is 4.57 Å². The summed E-state index contributed by atoms with van der Waals surface area (Å²) in [4.78, 5) is 36.7. The molecule has 3 rings (SSSR count). The number of hydrogen-bond acceptors (Lipinski definition) is 8. The van der Waals surface area contributed by atoms with Crippen LogP contribution in [0.2, 0.25) is 0 Å². The smallest absolute Gasteiger partial charge is 0.339 e. The first-order valence-corrected chi connectivity index (χ1v) is 11.7. The molecule has 0 atom stereocenters. The number of ether oxygens (including phenoxy) is 2. The van der Waals surface area contributed by atoms with Crippen molar-refractivity contribution < 1.29 is 23.9 Å². The summed E-state index contributed by atoms with van der Waals surface area (Å²) in [6.07, 6.45) is 7.59. The highest BCUT2D eigenvalue weighted by molar-refractivity contribution is 7.99. The van der Waals surface area contributed by atoms with Gasteiger partial charge < -0.3 is 19.4 Å². The van der Waals surface area contributed by atoms with Crippen molar-refractivity contribution in [1.82, 2.24) is 14.8 Å². The molecular weight excluding hydrogens is 444 g/mol. The lowest BCUT2D eigenvalue weighted by Crippen LogP contribution is -2.18. The van der Waals surface area contributed by atoms with Crippen molar-refractivity contribution in [3.8, 4) is 0 Å². The number of amides is 1. The van der Waals surface area contributed by atoms with Gasteiger partial charge in [0.05, 0.1) is 36.8 Å². The second-order valence-electron chi connectivity index (χ2n) is 7.66. The van der Waals surface area contributed by atoms with E-state index in [-0.39, 0.29) is 28.5 Å². The molecular formula is C23H28N4O5S. The first-order chi connectivity index (χ1) is 16.0. The topological polar surface area (TPSA) is 112 Å².